The minimum atomic E-state index is 0.660. The summed E-state index contributed by atoms with van der Waals surface area (Å²) in [7, 11) is 0. The second kappa shape index (κ2) is 11.1. The summed E-state index contributed by atoms with van der Waals surface area (Å²) in [6.45, 7) is 8.58. The molecule has 0 rings (SSSR count). The summed E-state index contributed by atoms with van der Waals surface area (Å²) in [6, 6.07) is 0. The zero-order valence-corrected chi connectivity index (χ0v) is 7.27. The molecule has 0 atom stereocenters. The van der Waals surface area contributed by atoms with Crippen molar-refractivity contribution in [2.45, 2.75) is 27.7 Å². The van der Waals surface area contributed by atoms with Crippen molar-refractivity contribution in [2.75, 3.05) is 6.54 Å². The van der Waals surface area contributed by atoms with Gasteiger partial charge in [-0.15, -0.1) is 0 Å². The van der Waals surface area contributed by atoms with Gasteiger partial charge in [0.05, 0.1) is 5.70 Å². The first kappa shape index (κ1) is 11.9. The van der Waals surface area contributed by atoms with E-state index in [2.05, 4.69) is 5.32 Å². The highest BCUT2D eigenvalue weighted by Gasteiger charge is 1.84. The lowest BCUT2D eigenvalue weighted by molar-refractivity contribution is -0.105. The summed E-state index contributed by atoms with van der Waals surface area (Å²) in [5.74, 6) is 0. The van der Waals surface area contributed by atoms with Crippen molar-refractivity contribution >= 4 is 6.29 Å². The molecule has 0 aliphatic carbocycles. The van der Waals surface area contributed by atoms with Gasteiger partial charge in [-0.25, -0.2) is 0 Å². The first-order valence-corrected chi connectivity index (χ1v) is 3.70. The number of carbonyl (C=O) groups is 1. The molecule has 0 spiro atoms. The van der Waals surface area contributed by atoms with Gasteiger partial charge in [-0.1, -0.05) is 19.9 Å². The summed E-state index contributed by atoms with van der Waals surface area (Å²) in [5, 5.41) is 2.88. The van der Waals surface area contributed by atoms with E-state index in [0.29, 0.717) is 5.70 Å². The molecule has 2 heteroatoms. The number of likely N-dealkylation sites (N-methyl/N-ethyl adjacent to an activating group) is 1. The second-order valence-corrected chi connectivity index (χ2v) is 1.39. The van der Waals surface area contributed by atoms with Crippen LogP contribution in [0.25, 0.3) is 0 Å². The largest absolute Gasteiger partial charge is 0.383 e. The Morgan fingerprint density at radius 3 is 2.10 bits per heavy atom. The summed E-state index contributed by atoms with van der Waals surface area (Å²) >= 11 is 0. The SMILES string of the molecule is C/C=C(/C=O)NCC.CC. The van der Waals surface area contributed by atoms with Gasteiger partial charge in [0.15, 0.2) is 6.29 Å². The Hall–Kier alpha value is -0.790. The third-order valence-electron chi connectivity index (χ3n) is 0.819. The van der Waals surface area contributed by atoms with Crippen LogP contribution in [0.4, 0.5) is 0 Å². The molecule has 0 fully saturated rings. The number of rotatable bonds is 3. The molecule has 0 unspecified atom stereocenters. The molecular weight excluding hydrogens is 126 g/mol. The lowest BCUT2D eigenvalue weighted by Gasteiger charge is -1.96. The van der Waals surface area contributed by atoms with Crippen molar-refractivity contribution in [1.29, 1.82) is 0 Å². The van der Waals surface area contributed by atoms with E-state index in [4.69, 9.17) is 0 Å². The Kier molecular flexibility index (Phi) is 13.2. The van der Waals surface area contributed by atoms with Crippen LogP contribution < -0.4 is 5.32 Å². The average Bonchev–Trinajstić information content (AvgIpc) is 2.04. The predicted octanol–water partition coefficient (Wildman–Crippen LogP) is 1.72. The Balaban J connectivity index is 0. The van der Waals surface area contributed by atoms with Gasteiger partial charge < -0.3 is 5.32 Å². The van der Waals surface area contributed by atoms with Gasteiger partial charge in [0, 0.05) is 6.54 Å². The zero-order valence-electron chi connectivity index (χ0n) is 7.27. The maximum absolute atomic E-state index is 10.00. The van der Waals surface area contributed by atoms with Crippen LogP contribution in [-0.2, 0) is 4.79 Å². The lowest BCUT2D eigenvalue weighted by Crippen LogP contribution is -2.12. The van der Waals surface area contributed by atoms with Gasteiger partial charge in [0.1, 0.15) is 0 Å². The van der Waals surface area contributed by atoms with Gasteiger partial charge in [-0.05, 0) is 13.8 Å². The van der Waals surface area contributed by atoms with Crippen LogP contribution in [0.1, 0.15) is 27.7 Å². The van der Waals surface area contributed by atoms with Crippen LogP contribution in [0.2, 0.25) is 0 Å². The number of hydrogen-bond donors (Lipinski definition) is 1. The molecule has 0 aliphatic rings. The summed E-state index contributed by atoms with van der Waals surface area (Å²) in [4.78, 5) is 10.00. The van der Waals surface area contributed by atoms with Gasteiger partial charge in [-0.2, -0.15) is 0 Å². The monoisotopic (exact) mass is 143 g/mol. The summed E-state index contributed by atoms with van der Waals surface area (Å²) in [5.41, 5.74) is 0.660. The van der Waals surface area contributed by atoms with Gasteiger partial charge in [-0.3, -0.25) is 4.79 Å². The van der Waals surface area contributed by atoms with Crippen LogP contribution in [0.5, 0.6) is 0 Å². The number of allylic oxidation sites excluding steroid dienone is 2. The molecule has 0 aromatic rings. The first-order chi connectivity index (χ1) is 4.85. The molecule has 60 valence electrons. The average molecular weight is 143 g/mol. The van der Waals surface area contributed by atoms with Crippen LogP contribution >= 0.6 is 0 Å². The number of aldehydes is 1. The number of carbonyl (C=O) groups excluding carboxylic acids is 1. The van der Waals surface area contributed by atoms with E-state index in [0.717, 1.165) is 12.8 Å². The van der Waals surface area contributed by atoms with E-state index in [1.165, 1.54) is 0 Å². The molecule has 0 amide bonds. The maximum atomic E-state index is 10.00. The van der Waals surface area contributed by atoms with Crippen LogP contribution in [-0.4, -0.2) is 12.8 Å². The Bertz CT molecular complexity index is 97.4. The first-order valence-electron chi connectivity index (χ1n) is 3.70. The van der Waals surface area contributed by atoms with E-state index in [1.54, 1.807) is 6.08 Å². The number of nitrogens with one attached hydrogen (secondary N) is 1. The molecule has 0 saturated heterocycles. The third kappa shape index (κ3) is 7.21. The second-order valence-electron chi connectivity index (χ2n) is 1.39. The van der Waals surface area contributed by atoms with Crippen LogP contribution in [0.15, 0.2) is 11.8 Å². The fraction of sp³-hybridized carbons (Fsp3) is 0.625. The molecule has 0 radical (unpaired) electrons. The van der Waals surface area contributed by atoms with E-state index < -0.39 is 0 Å². The van der Waals surface area contributed by atoms with Crippen molar-refractivity contribution < 1.29 is 4.79 Å². The minimum Gasteiger partial charge on any atom is -0.383 e. The highest BCUT2D eigenvalue weighted by Crippen LogP contribution is 1.78. The molecule has 0 heterocycles. The topological polar surface area (TPSA) is 29.1 Å². The molecule has 0 aromatic carbocycles. The molecule has 2 nitrogen and oxygen atoms in total. The number of hydrogen-bond acceptors (Lipinski definition) is 2. The highest BCUT2D eigenvalue weighted by atomic mass is 16.1. The van der Waals surface area contributed by atoms with E-state index in [1.807, 2.05) is 27.7 Å². The zero-order chi connectivity index (χ0) is 8.41. The Labute approximate surface area is 63.3 Å². The standard InChI is InChI=1S/C6H11NO.C2H6/c1-3-6(5-8)7-4-2;1-2/h3,5,7H,4H2,1-2H3;1-2H3/b6-3-;. The van der Waals surface area contributed by atoms with Crippen molar-refractivity contribution in [1.82, 2.24) is 5.32 Å². The molecule has 0 bridgehead atoms. The van der Waals surface area contributed by atoms with E-state index in [9.17, 15) is 4.79 Å². The summed E-state index contributed by atoms with van der Waals surface area (Å²) in [6.07, 6.45) is 2.56. The van der Waals surface area contributed by atoms with Crippen LogP contribution in [0.3, 0.4) is 0 Å². The normalized spacial score (nSPS) is 9.40. The summed E-state index contributed by atoms with van der Waals surface area (Å²) < 4.78 is 0. The fourth-order valence-electron chi connectivity index (χ4n) is 0.416. The van der Waals surface area contributed by atoms with Crippen molar-refractivity contribution in [3.05, 3.63) is 11.8 Å². The molecule has 10 heavy (non-hydrogen) atoms. The van der Waals surface area contributed by atoms with Crippen molar-refractivity contribution in [3.8, 4) is 0 Å². The fourth-order valence-corrected chi connectivity index (χ4v) is 0.416. The predicted molar refractivity (Wildman–Crippen MR) is 44.8 cm³/mol. The molecule has 1 N–H and O–H groups in total. The van der Waals surface area contributed by atoms with Gasteiger partial charge in [0.25, 0.3) is 0 Å². The van der Waals surface area contributed by atoms with Gasteiger partial charge >= 0.3 is 0 Å². The highest BCUT2D eigenvalue weighted by molar-refractivity contribution is 5.71. The lowest BCUT2D eigenvalue weighted by atomic mass is 10.4. The van der Waals surface area contributed by atoms with Crippen molar-refractivity contribution in [2.24, 2.45) is 0 Å². The maximum Gasteiger partial charge on any atom is 0.165 e. The molecule has 0 aliphatic heterocycles. The molecule has 0 aromatic heterocycles. The smallest absolute Gasteiger partial charge is 0.165 e. The molecular formula is C8H17NO. The molecule has 0 saturated carbocycles. The van der Waals surface area contributed by atoms with E-state index >= 15 is 0 Å². The Morgan fingerprint density at radius 1 is 1.50 bits per heavy atom. The Morgan fingerprint density at radius 2 is 2.00 bits per heavy atom. The third-order valence-corrected chi connectivity index (χ3v) is 0.819. The quantitative estimate of drug-likeness (QED) is 0.481. The van der Waals surface area contributed by atoms with Crippen LogP contribution in [0, 0.1) is 0 Å². The van der Waals surface area contributed by atoms with Crippen molar-refractivity contribution in [3.63, 3.8) is 0 Å². The van der Waals surface area contributed by atoms with E-state index in [-0.39, 0.29) is 0 Å². The van der Waals surface area contributed by atoms with Gasteiger partial charge in [0.2, 0.25) is 0 Å². The minimum absolute atomic E-state index is 0.660.